The van der Waals surface area contributed by atoms with Crippen LogP contribution >= 0.6 is 0 Å². The van der Waals surface area contributed by atoms with E-state index in [4.69, 9.17) is 5.11 Å². The number of nitrogens with one attached hydrogen (secondary N) is 1. The lowest BCUT2D eigenvalue weighted by Crippen LogP contribution is -2.27. The van der Waals surface area contributed by atoms with Crippen molar-refractivity contribution in [3.05, 3.63) is 52.6 Å². The van der Waals surface area contributed by atoms with Gasteiger partial charge in [-0.05, 0) is 26.0 Å². The first-order chi connectivity index (χ1) is 9.92. The van der Waals surface area contributed by atoms with Crippen molar-refractivity contribution in [1.29, 1.82) is 0 Å². The summed E-state index contributed by atoms with van der Waals surface area (Å²) in [7, 11) is 1.81. The molecule has 0 aliphatic rings. The first-order valence-electron chi connectivity index (χ1n) is 6.62. The number of amides is 1. The van der Waals surface area contributed by atoms with E-state index < -0.39 is 5.82 Å². The molecule has 112 valence electrons. The highest BCUT2D eigenvalue weighted by atomic mass is 19.1. The molecule has 0 aliphatic heterocycles. The Morgan fingerprint density at radius 3 is 2.76 bits per heavy atom. The number of nitrogens with zero attached hydrogens (tertiary/aromatic N) is 2. The van der Waals surface area contributed by atoms with E-state index in [1.165, 1.54) is 12.1 Å². The average molecular weight is 291 g/mol. The summed E-state index contributed by atoms with van der Waals surface area (Å²) in [6.07, 6.45) is 1.84. The second-order valence-electron chi connectivity index (χ2n) is 5.00. The molecule has 1 heterocycles. The Labute approximate surface area is 122 Å². The molecule has 0 unspecified atom stereocenters. The SMILES string of the molecule is Cc1nn(C)cc1[C@@H](C)NC(=O)c1ccc(CO)c(F)c1. The number of halogens is 1. The Kier molecular flexibility index (Phi) is 4.37. The Hall–Kier alpha value is -2.21. The van der Waals surface area contributed by atoms with Crippen LogP contribution in [0.1, 0.15) is 40.1 Å². The van der Waals surface area contributed by atoms with Gasteiger partial charge in [0.25, 0.3) is 5.91 Å². The minimum absolute atomic E-state index is 0.169. The van der Waals surface area contributed by atoms with Crippen LogP contribution in [-0.2, 0) is 13.7 Å². The van der Waals surface area contributed by atoms with Gasteiger partial charge >= 0.3 is 0 Å². The predicted molar refractivity (Wildman–Crippen MR) is 76.1 cm³/mol. The zero-order valence-electron chi connectivity index (χ0n) is 12.2. The van der Waals surface area contributed by atoms with E-state index in [-0.39, 0.29) is 29.7 Å². The smallest absolute Gasteiger partial charge is 0.251 e. The average Bonchev–Trinajstić information content (AvgIpc) is 2.77. The molecule has 6 heteroatoms. The quantitative estimate of drug-likeness (QED) is 0.903. The van der Waals surface area contributed by atoms with Crippen molar-refractivity contribution in [3.8, 4) is 0 Å². The molecule has 2 rings (SSSR count). The van der Waals surface area contributed by atoms with Crippen LogP contribution < -0.4 is 5.32 Å². The van der Waals surface area contributed by atoms with Gasteiger partial charge in [-0.3, -0.25) is 9.48 Å². The highest BCUT2D eigenvalue weighted by Gasteiger charge is 2.16. The van der Waals surface area contributed by atoms with Gasteiger partial charge in [0, 0.05) is 29.9 Å². The maximum absolute atomic E-state index is 13.6. The van der Waals surface area contributed by atoms with Gasteiger partial charge in [0.2, 0.25) is 0 Å². The van der Waals surface area contributed by atoms with Gasteiger partial charge in [-0.1, -0.05) is 6.07 Å². The second kappa shape index (κ2) is 6.05. The number of aryl methyl sites for hydroxylation is 2. The van der Waals surface area contributed by atoms with Crippen molar-refractivity contribution in [2.24, 2.45) is 7.05 Å². The van der Waals surface area contributed by atoms with Crippen LogP contribution in [0.15, 0.2) is 24.4 Å². The number of rotatable bonds is 4. The van der Waals surface area contributed by atoms with Gasteiger partial charge in [-0.2, -0.15) is 5.10 Å². The molecule has 5 nitrogen and oxygen atoms in total. The molecular weight excluding hydrogens is 273 g/mol. The Bertz CT molecular complexity index is 667. The number of aliphatic hydroxyl groups is 1. The number of hydrogen-bond donors (Lipinski definition) is 2. The Balaban J connectivity index is 2.14. The van der Waals surface area contributed by atoms with E-state index in [9.17, 15) is 9.18 Å². The van der Waals surface area contributed by atoms with Gasteiger partial charge < -0.3 is 10.4 Å². The van der Waals surface area contributed by atoms with Crippen molar-refractivity contribution in [3.63, 3.8) is 0 Å². The van der Waals surface area contributed by atoms with E-state index in [1.807, 2.05) is 27.1 Å². The molecule has 1 aromatic heterocycles. The molecule has 0 saturated heterocycles. The summed E-state index contributed by atoms with van der Waals surface area (Å²) < 4.78 is 15.3. The lowest BCUT2D eigenvalue weighted by Gasteiger charge is -2.13. The number of hydrogen-bond acceptors (Lipinski definition) is 3. The second-order valence-corrected chi connectivity index (χ2v) is 5.00. The van der Waals surface area contributed by atoms with Gasteiger partial charge in [-0.15, -0.1) is 0 Å². The maximum Gasteiger partial charge on any atom is 0.251 e. The third kappa shape index (κ3) is 3.28. The summed E-state index contributed by atoms with van der Waals surface area (Å²) in [5.41, 5.74) is 2.14. The number of carbonyl (C=O) groups excluding carboxylic acids is 1. The Morgan fingerprint density at radius 2 is 2.24 bits per heavy atom. The third-order valence-electron chi connectivity index (χ3n) is 3.35. The summed E-state index contributed by atoms with van der Waals surface area (Å²) in [5.74, 6) is -0.954. The molecule has 2 N–H and O–H groups in total. The van der Waals surface area contributed by atoms with Crippen LogP contribution in [0.25, 0.3) is 0 Å². The molecule has 0 spiro atoms. The Morgan fingerprint density at radius 1 is 1.52 bits per heavy atom. The van der Waals surface area contributed by atoms with E-state index >= 15 is 0 Å². The van der Waals surface area contributed by atoms with Crippen molar-refractivity contribution in [2.75, 3.05) is 0 Å². The summed E-state index contributed by atoms with van der Waals surface area (Å²) in [4.78, 5) is 12.1. The van der Waals surface area contributed by atoms with Crippen LogP contribution in [0.2, 0.25) is 0 Å². The fourth-order valence-electron chi connectivity index (χ4n) is 2.22. The van der Waals surface area contributed by atoms with Crippen LogP contribution in [0.4, 0.5) is 4.39 Å². The summed E-state index contributed by atoms with van der Waals surface area (Å²) >= 11 is 0. The monoisotopic (exact) mass is 291 g/mol. The van der Waals surface area contributed by atoms with E-state index in [1.54, 1.807) is 4.68 Å². The molecule has 21 heavy (non-hydrogen) atoms. The lowest BCUT2D eigenvalue weighted by molar-refractivity contribution is 0.0939. The van der Waals surface area contributed by atoms with E-state index in [0.29, 0.717) is 0 Å². The maximum atomic E-state index is 13.6. The van der Waals surface area contributed by atoms with Gasteiger partial charge in [0.15, 0.2) is 0 Å². The third-order valence-corrected chi connectivity index (χ3v) is 3.35. The van der Waals surface area contributed by atoms with Crippen LogP contribution in [0.5, 0.6) is 0 Å². The van der Waals surface area contributed by atoms with Gasteiger partial charge in [0.05, 0.1) is 18.3 Å². The lowest BCUT2D eigenvalue weighted by atomic mass is 10.1. The van der Waals surface area contributed by atoms with E-state index in [2.05, 4.69) is 10.4 Å². The first kappa shape index (κ1) is 15.2. The van der Waals surface area contributed by atoms with Gasteiger partial charge in [-0.25, -0.2) is 4.39 Å². The van der Waals surface area contributed by atoms with Crippen LogP contribution in [0, 0.1) is 12.7 Å². The zero-order chi connectivity index (χ0) is 15.6. The standard InChI is InChI=1S/C15H18FN3O2/c1-9(13-7-19(3)18-10(13)2)17-15(21)11-4-5-12(8-20)14(16)6-11/h4-7,9,20H,8H2,1-3H3,(H,17,21)/t9-/m1/s1. The number of carbonyl (C=O) groups is 1. The van der Waals surface area contributed by atoms with Crippen molar-refractivity contribution in [2.45, 2.75) is 26.5 Å². The zero-order valence-corrected chi connectivity index (χ0v) is 12.2. The van der Waals surface area contributed by atoms with Crippen molar-refractivity contribution >= 4 is 5.91 Å². The first-order valence-corrected chi connectivity index (χ1v) is 6.62. The van der Waals surface area contributed by atoms with Gasteiger partial charge in [0.1, 0.15) is 5.82 Å². The van der Waals surface area contributed by atoms with E-state index in [0.717, 1.165) is 17.3 Å². The normalized spacial score (nSPS) is 12.2. The molecule has 0 aliphatic carbocycles. The minimum atomic E-state index is -0.588. The number of benzene rings is 1. The highest BCUT2D eigenvalue weighted by molar-refractivity contribution is 5.94. The molecule has 2 aromatic rings. The molecule has 0 fully saturated rings. The predicted octanol–water partition coefficient (Wildman–Crippen LogP) is 1.85. The fourth-order valence-corrected chi connectivity index (χ4v) is 2.22. The van der Waals surface area contributed by atoms with Crippen LogP contribution in [-0.4, -0.2) is 20.8 Å². The summed E-state index contributed by atoms with van der Waals surface area (Å²) in [6.45, 7) is 3.33. The molecular formula is C15H18FN3O2. The number of aromatic nitrogens is 2. The number of aliphatic hydroxyl groups excluding tert-OH is 1. The van der Waals surface area contributed by atoms with Crippen LogP contribution in [0.3, 0.4) is 0 Å². The largest absolute Gasteiger partial charge is 0.392 e. The highest BCUT2D eigenvalue weighted by Crippen LogP contribution is 2.17. The topological polar surface area (TPSA) is 67.2 Å². The molecule has 0 saturated carbocycles. The molecule has 1 amide bonds. The summed E-state index contributed by atoms with van der Waals surface area (Å²) in [6, 6.07) is 3.80. The molecule has 1 atom stereocenters. The minimum Gasteiger partial charge on any atom is -0.392 e. The molecule has 0 bridgehead atoms. The van der Waals surface area contributed by atoms with Crippen molar-refractivity contribution in [1.82, 2.24) is 15.1 Å². The summed E-state index contributed by atoms with van der Waals surface area (Å²) in [5, 5.41) is 16.0. The molecule has 1 aromatic carbocycles. The molecule has 0 radical (unpaired) electrons. The fraction of sp³-hybridized carbons (Fsp3) is 0.333. The van der Waals surface area contributed by atoms with Crippen molar-refractivity contribution < 1.29 is 14.3 Å².